The summed E-state index contributed by atoms with van der Waals surface area (Å²) in [6.45, 7) is 2.95. The molecular formula is C22H29Cl2N3O3. The van der Waals surface area contributed by atoms with Crippen molar-refractivity contribution >= 4 is 30.7 Å². The zero-order chi connectivity index (χ0) is 19.5. The zero-order valence-electron chi connectivity index (χ0n) is 17.0. The smallest absolute Gasteiger partial charge is 0.225 e. The van der Waals surface area contributed by atoms with E-state index in [4.69, 9.17) is 15.2 Å². The van der Waals surface area contributed by atoms with Crippen LogP contribution in [0.25, 0.3) is 0 Å². The van der Waals surface area contributed by atoms with Crippen molar-refractivity contribution in [2.45, 2.75) is 38.8 Å². The molecule has 4 atom stereocenters. The lowest BCUT2D eigenvalue weighted by Gasteiger charge is -2.27. The van der Waals surface area contributed by atoms with E-state index in [0.717, 1.165) is 18.4 Å². The van der Waals surface area contributed by atoms with Gasteiger partial charge in [0, 0.05) is 24.8 Å². The van der Waals surface area contributed by atoms with Crippen LogP contribution in [-0.2, 0) is 11.3 Å². The van der Waals surface area contributed by atoms with Gasteiger partial charge in [-0.3, -0.25) is 4.79 Å². The van der Waals surface area contributed by atoms with Crippen molar-refractivity contribution in [2.24, 2.45) is 23.5 Å². The lowest BCUT2D eigenvalue weighted by atomic mass is 9.84. The predicted octanol–water partition coefficient (Wildman–Crippen LogP) is 4.11. The first kappa shape index (κ1) is 24.3. The number of ether oxygens (including phenoxy) is 2. The molecule has 2 aliphatic rings. The summed E-state index contributed by atoms with van der Waals surface area (Å²) >= 11 is 0. The fraction of sp³-hybridized carbons (Fsp3) is 0.455. The number of aromatic nitrogens is 1. The number of pyridine rings is 1. The van der Waals surface area contributed by atoms with Crippen LogP contribution in [0.3, 0.4) is 0 Å². The number of carbonyl (C=O) groups excluding carboxylic acids is 1. The largest absolute Gasteiger partial charge is 0.490 e. The van der Waals surface area contributed by atoms with E-state index in [1.54, 1.807) is 12.3 Å². The van der Waals surface area contributed by atoms with Crippen molar-refractivity contribution in [1.82, 2.24) is 10.3 Å². The number of nitrogens with one attached hydrogen (secondary N) is 1. The van der Waals surface area contributed by atoms with Crippen LogP contribution in [-0.4, -0.2) is 23.5 Å². The summed E-state index contributed by atoms with van der Waals surface area (Å²) in [6.07, 6.45) is 5.14. The van der Waals surface area contributed by atoms with Gasteiger partial charge in [-0.25, -0.2) is 4.98 Å². The summed E-state index contributed by atoms with van der Waals surface area (Å²) in [5.74, 6) is 2.82. The molecule has 4 unspecified atom stereocenters. The molecule has 2 aliphatic carbocycles. The number of carbonyl (C=O) groups is 1. The van der Waals surface area contributed by atoms with Crippen LogP contribution in [0, 0.1) is 17.8 Å². The number of hydrogen-bond acceptors (Lipinski definition) is 5. The molecule has 2 bridgehead atoms. The lowest BCUT2D eigenvalue weighted by Crippen LogP contribution is -2.45. The minimum Gasteiger partial charge on any atom is -0.490 e. The van der Waals surface area contributed by atoms with Crippen molar-refractivity contribution in [3.8, 4) is 17.4 Å². The Balaban J connectivity index is 0.00000160. The molecule has 2 aromatic rings. The first-order chi connectivity index (χ1) is 13.7. The van der Waals surface area contributed by atoms with Gasteiger partial charge in [0.05, 0.1) is 12.5 Å². The van der Waals surface area contributed by atoms with Gasteiger partial charge in [-0.1, -0.05) is 18.2 Å². The van der Waals surface area contributed by atoms with E-state index in [1.165, 1.54) is 6.42 Å². The first-order valence-electron chi connectivity index (χ1n) is 10.0. The SMILES string of the molecule is CCOc1ccccc1Oc1ccc(CNC(=O)C2C3CCC(C3)C2N)cn1.Cl.Cl. The summed E-state index contributed by atoms with van der Waals surface area (Å²) in [7, 11) is 0. The van der Waals surface area contributed by atoms with E-state index in [9.17, 15) is 4.79 Å². The van der Waals surface area contributed by atoms with Gasteiger partial charge in [0.25, 0.3) is 0 Å². The van der Waals surface area contributed by atoms with Gasteiger partial charge in [0.2, 0.25) is 11.8 Å². The molecule has 2 saturated carbocycles. The Bertz CT molecular complexity index is 833. The van der Waals surface area contributed by atoms with E-state index in [1.807, 2.05) is 37.3 Å². The third-order valence-electron chi connectivity index (χ3n) is 5.91. The Hall–Kier alpha value is -2.02. The second-order valence-electron chi connectivity index (χ2n) is 7.64. The molecule has 1 amide bonds. The van der Waals surface area contributed by atoms with Crippen LogP contribution < -0.4 is 20.5 Å². The highest BCUT2D eigenvalue weighted by Crippen LogP contribution is 2.47. The van der Waals surface area contributed by atoms with E-state index in [-0.39, 0.29) is 42.7 Å². The average Bonchev–Trinajstić information content (AvgIpc) is 3.30. The fourth-order valence-electron chi connectivity index (χ4n) is 4.53. The Kier molecular flexibility index (Phi) is 8.77. The van der Waals surface area contributed by atoms with Gasteiger partial charge in [0.15, 0.2) is 11.5 Å². The van der Waals surface area contributed by atoms with Crippen LogP contribution in [0.2, 0.25) is 0 Å². The monoisotopic (exact) mass is 453 g/mol. The Labute approximate surface area is 189 Å². The molecule has 4 rings (SSSR count). The quantitative estimate of drug-likeness (QED) is 0.658. The summed E-state index contributed by atoms with van der Waals surface area (Å²) < 4.78 is 11.4. The number of amides is 1. The minimum absolute atomic E-state index is 0. The van der Waals surface area contributed by atoms with E-state index < -0.39 is 0 Å². The van der Waals surface area contributed by atoms with Crippen LogP contribution in [0.5, 0.6) is 17.4 Å². The third kappa shape index (κ3) is 5.17. The lowest BCUT2D eigenvalue weighted by molar-refractivity contribution is -0.127. The van der Waals surface area contributed by atoms with Gasteiger partial charge in [-0.05, 0) is 55.7 Å². The second kappa shape index (κ2) is 10.8. The molecule has 0 spiro atoms. The highest BCUT2D eigenvalue weighted by Gasteiger charge is 2.48. The molecule has 3 N–H and O–H groups in total. The molecule has 2 fully saturated rings. The number of hydrogen-bond donors (Lipinski definition) is 2. The van der Waals surface area contributed by atoms with Crippen molar-refractivity contribution < 1.29 is 14.3 Å². The highest BCUT2D eigenvalue weighted by atomic mass is 35.5. The van der Waals surface area contributed by atoms with Crippen molar-refractivity contribution in [1.29, 1.82) is 0 Å². The van der Waals surface area contributed by atoms with E-state index >= 15 is 0 Å². The molecule has 6 nitrogen and oxygen atoms in total. The molecule has 0 radical (unpaired) electrons. The number of halogens is 2. The zero-order valence-corrected chi connectivity index (χ0v) is 18.6. The van der Waals surface area contributed by atoms with Gasteiger partial charge in [0.1, 0.15) is 0 Å². The molecular weight excluding hydrogens is 425 g/mol. The van der Waals surface area contributed by atoms with Crippen LogP contribution in [0.4, 0.5) is 0 Å². The molecule has 1 aromatic heterocycles. The molecule has 0 saturated heterocycles. The average molecular weight is 454 g/mol. The van der Waals surface area contributed by atoms with Gasteiger partial charge >= 0.3 is 0 Å². The Morgan fingerprint density at radius 3 is 2.50 bits per heavy atom. The molecule has 30 heavy (non-hydrogen) atoms. The topological polar surface area (TPSA) is 86.5 Å². The predicted molar refractivity (Wildman–Crippen MR) is 121 cm³/mol. The normalized spacial score (nSPS) is 23.8. The minimum atomic E-state index is -0.0376. The molecule has 1 heterocycles. The Morgan fingerprint density at radius 1 is 1.13 bits per heavy atom. The maximum Gasteiger partial charge on any atom is 0.225 e. The molecule has 1 aromatic carbocycles. The van der Waals surface area contributed by atoms with Gasteiger partial charge in [-0.15, -0.1) is 24.8 Å². The third-order valence-corrected chi connectivity index (χ3v) is 5.91. The first-order valence-corrected chi connectivity index (χ1v) is 10.0. The number of fused-ring (bicyclic) bond motifs is 2. The van der Waals surface area contributed by atoms with Gasteiger partial charge in [-0.2, -0.15) is 0 Å². The summed E-state index contributed by atoms with van der Waals surface area (Å²) in [6, 6.07) is 11.2. The fourth-order valence-corrected chi connectivity index (χ4v) is 4.53. The standard InChI is InChI=1S/C22H27N3O3.2ClH/c1-2-27-17-5-3-4-6-18(17)28-19-10-7-14(12-24-19)13-25-22(26)20-15-8-9-16(11-15)21(20)23;;/h3-7,10,12,15-16,20-21H,2,8-9,11,13,23H2,1H3,(H,25,26);2*1H. The van der Waals surface area contributed by atoms with Crippen LogP contribution in [0.15, 0.2) is 42.6 Å². The summed E-state index contributed by atoms with van der Waals surface area (Å²) in [5.41, 5.74) is 7.19. The second-order valence-corrected chi connectivity index (χ2v) is 7.64. The number of benzene rings is 1. The molecule has 0 aliphatic heterocycles. The van der Waals surface area contributed by atoms with E-state index in [0.29, 0.717) is 42.4 Å². The van der Waals surface area contributed by atoms with Crippen LogP contribution >= 0.6 is 24.8 Å². The maximum absolute atomic E-state index is 12.6. The maximum atomic E-state index is 12.6. The van der Waals surface area contributed by atoms with Crippen molar-refractivity contribution in [3.63, 3.8) is 0 Å². The number of nitrogens with two attached hydrogens (primary N) is 1. The molecule has 8 heteroatoms. The summed E-state index contributed by atoms with van der Waals surface area (Å²) in [4.78, 5) is 16.9. The van der Waals surface area contributed by atoms with Crippen molar-refractivity contribution in [3.05, 3.63) is 48.2 Å². The molecule has 164 valence electrons. The number of para-hydroxylation sites is 2. The number of nitrogens with zero attached hydrogens (tertiary/aromatic N) is 1. The van der Waals surface area contributed by atoms with E-state index in [2.05, 4.69) is 10.3 Å². The Morgan fingerprint density at radius 2 is 1.87 bits per heavy atom. The highest BCUT2D eigenvalue weighted by molar-refractivity contribution is 5.85. The summed E-state index contributed by atoms with van der Waals surface area (Å²) in [5, 5.41) is 3.03. The number of rotatable bonds is 7. The van der Waals surface area contributed by atoms with Crippen LogP contribution in [0.1, 0.15) is 31.7 Å². The van der Waals surface area contributed by atoms with Gasteiger partial charge < -0.3 is 20.5 Å². The van der Waals surface area contributed by atoms with Crippen molar-refractivity contribution in [2.75, 3.05) is 6.61 Å².